The summed E-state index contributed by atoms with van der Waals surface area (Å²) in [5.74, 6) is 0.359. The number of carbonyl (C=O) groups is 1. The molecule has 0 aliphatic heterocycles. The number of hydrogen-bond donors (Lipinski definition) is 2. The van der Waals surface area contributed by atoms with Crippen LogP contribution in [0.25, 0.3) is 11.3 Å². The molecule has 1 heterocycles. The van der Waals surface area contributed by atoms with Crippen LogP contribution in [0.3, 0.4) is 0 Å². The average molecular weight is 227 g/mol. The van der Waals surface area contributed by atoms with Gasteiger partial charge in [0.25, 0.3) is 0 Å². The van der Waals surface area contributed by atoms with E-state index in [-0.39, 0.29) is 11.8 Å². The Kier molecular flexibility index (Phi) is 2.40. The zero-order chi connectivity index (χ0) is 11.7. The van der Waals surface area contributed by atoms with Crippen molar-refractivity contribution in [3.05, 3.63) is 36.8 Å². The van der Waals surface area contributed by atoms with Gasteiger partial charge in [-0.05, 0) is 25.0 Å². The van der Waals surface area contributed by atoms with Gasteiger partial charge in [-0.2, -0.15) is 0 Å². The fourth-order valence-electron chi connectivity index (χ4n) is 1.77. The number of H-pyrrole nitrogens is 1. The maximum atomic E-state index is 11.6. The van der Waals surface area contributed by atoms with Crippen LogP contribution in [0.1, 0.15) is 12.8 Å². The van der Waals surface area contributed by atoms with Crippen LogP contribution in [0.2, 0.25) is 0 Å². The van der Waals surface area contributed by atoms with Gasteiger partial charge >= 0.3 is 0 Å². The minimum atomic E-state index is 0.131. The summed E-state index contributed by atoms with van der Waals surface area (Å²) >= 11 is 0. The first kappa shape index (κ1) is 10.1. The second-order valence-corrected chi connectivity index (χ2v) is 4.31. The molecular formula is C13H13N3O. The number of amides is 1. The standard InChI is InChI=1S/C13H13N3O/c17-13(9-4-5-9)16-11-3-1-2-10(6-11)12-7-14-8-15-12/h1-3,6-9H,4-5H2,(H,14,15)(H,16,17). The highest BCUT2D eigenvalue weighted by atomic mass is 16.2. The second kappa shape index (κ2) is 4.05. The van der Waals surface area contributed by atoms with Crippen molar-refractivity contribution in [1.29, 1.82) is 0 Å². The Bertz CT molecular complexity index is 529. The Balaban J connectivity index is 1.81. The third kappa shape index (κ3) is 2.20. The van der Waals surface area contributed by atoms with Crippen molar-refractivity contribution in [2.45, 2.75) is 12.8 Å². The van der Waals surface area contributed by atoms with Gasteiger partial charge in [0.1, 0.15) is 0 Å². The molecule has 1 aliphatic rings. The number of nitrogens with zero attached hydrogens (tertiary/aromatic N) is 1. The van der Waals surface area contributed by atoms with Crippen LogP contribution in [0.15, 0.2) is 36.8 Å². The molecule has 1 aromatic heterocycles. The highest BCUT2D eigenvalue weighted by Gasteiger charge is 2.29. The first-order chi connectivity index (χ1) is 8.33. The molecule has 0 unspecified atom stereocenters. The monoisotopic (exact) mass is 227 g/mol. The molecule has 3 rings (SSSR count). The van der Waals surface area contributed by atoms with Crippen molar-refractivity contribution in [2.24, 2.45) is 5.92 Å². The van der Waals surface area contributed by atoms with E-state index in [9.17, 15) is 4.79 Å². The van der Waals surface area contributed by atoms with Crippen molar-refractivity contribution in [3.63, 3.8) is 0 Å². The van der Waals surface area contributed by atoms with Gasteiger partial charge in [-0.1, -0.05) is 12.1 Å². The summed E-state index contributed by atoms with van der Waals surface area (Å²) in [6.45, 7) is 0. The van der Waals surface area contributed by atoms with E-state index in [1.807, 2.05) is 24.3 Å². The lowest BCUT2D eigenvalue weighted by atomic mass is 10.1. The molecule has 0 saturated heterocycles. The highest BCUT2D eigenvalue weighted by Crippen LogP contribution is 2.30. The molecule has 4 nitrogen and oxygen atoms in total. The molecule has 0 radical (unpaired) electrons. The Morgan fingerprint density at radius 2 is 2.29 bits per heavy atom. The van der Waals surface area contributed by atoms with Crippen LogP contribution in [0.4, 0.5) is 5.69 Å². The molecule has 1 amide bonds. The van der Waals surface area contributed by atoms with Crippen LogP contribution in [0.5, 0.6) is 0 Å². The van der Waals surface area contributed by atoms with E-state index in [2.05, 4.69) is 15.3 Å². The predicted molar refractivity (Wildman–Crippen MR) is 65.4 cm³/mol. The zero-order valence-electron chi connectivity index (χ0n) is 9.31. The Labute approximate surface area is 99.1 Å². The summed E-state index contributed by atoms with van der Waals surface area (Å²) in [6, 6.07) is 7.77. The SMILES string of the molecule is O=C(Nc1cccc(-c2cnc[nH]2)c1)C1CC1. The fraction of sp³-hybridized carbons (Fsp3) is 0.231. The molecule has 1 aliphatic carbocycles. The summed E-state index contributed by atoms with van der Waals surface area (Å²) in [5.41, 5.74) is 2.82. The van der Waals surface area contributed by atoms with Crippen molar-refractivity contribution >= 4 is 11.6 Å². The predicted octanol–water partition coefficient (Wildman–Crippen LogP) is 2.43. The molecule has 2 aromatic rings. The van der Waals surface area contributed by atoms with Gasteiger partial charge in [-0.25, -0.2) is 4.98 Å². The van der Waals surface area contributed by atoms with Gasteiger partial charge < -0.3 is 10.3 Å². The van der Waals surface area contributed by atoms with E-state index >= 15 is 0 Å². The number of rotatable bonds is 3. The van der Waals surface area contributed by atoms with Gasteiger partial charge in [-0.15, -0.1) is 0 Å². The van der Waals surface area contributed by atoms with Gasteiger partial charge in [-0.3, -0.25) is 4.79 Å². The molecule has 17 heavy (non-hydrogen) atoms. The molecule has 4 heteroatoms. The number of aromatic amines is 1. The smallest absolute Gasteiger partial charge is 0.227 e. The largest absolute Gasteiger partial charge is 0.345 e. The Morgan fingerprint density at radius 3 is 3.00 bits per heavy atom. The average Bonchev–Trinajstić information content (AvgIpc) is 3.05. The minimum absolute atomic E-state index is 0.131. The highest BCUT2D eigenvalue weighted by molar-refractivity contribution is 5.94. The van der Waals surface area contributed by atoms with Crippen LogP contribution in [0, 0.1) is 5.92 Å². The summed E-state index contributed by atoms with van der Waals surface area (Å²) in [6.07, 6.45) is 5.45. The number of nitrogens with one attached hydrogen (secondary N) is 2. The van der Waals surface area contributed by atoms with Crippen LogP contribution >= 0.6 is 0 Å². The van der Waals surface area contributed by atoms with E-state index in [0.29, 0.717) is 0 Å². The number of benzene rings is 1. The number of carbonyl (C=O) groups excluding carboxylic acids is 1. The molecule has 0 spiro atoms. The second-order valence-electron chi connectivity index (χ2n) is 4.31. The fourth-order valence-corrected chi connectivity index (χ4v) is 1.77. The van der Waals surface area contributed by atoms with Crippen LogP contribution in [-0.4, -0.2) is 15.9 Å². The third-order valence-corrected chi connectivity index (χ3v) is 2.89. The first-order valence-electron chi connectivity index (χ1n) is 5.72. The molecule has 1 fully saturated rings. The third-order valence-electron chi connectivity index (χ3n) is 2.89. The summed E-state index contributed by atoms with van der Waals surface area (Å²) < 4.78 is 0. The van der Waals surface area contributed by atoms with Crippen molar-refractivity contribution in [2.75, 3.05) is 5.32 Å². The van der Waals surface area contributed by atoms with E-state index < -0.39 is 0 Å². The summed E-state index contributed by atoms with van der Waals surface area (Å²) in [4.78, 5) is 18.7. The maximum absolute atomic E-state index is 11.6. The maximum Gasteiger partial charge on any atom is 0.227 e. The number of aromatic nitrogens is 2. The number of imidazole rings is 1. The summed E-state index contributed by atoms with van der Waals surface area (Å²) in [7, 11) is 0. The van der Waals surface area contributed by atoms with E-state index in [1.165, 1.54) is 0 Å². The van der Waals surface area contributed by atoms with Gasteiger partial charge in [0.2, 0.25) is 5.91 Å². The lowest BCUT2D eigenvalue weighted by Gasteiger charge is -2.05. The van der Waals surface area contributed by atoms with Crippen molar-refractivity contribution in [3.8, 4) is 11.3 Å². The normalized spacial score (nSPS) is 14.6. The molecular weight excluding hydrogens is 214 g/mol. The van der Waals surface area contributed by atoms with E-state index in [1.54, 1.807) is 12.5 Å². The number of anilines is 1. The molecule has 1 aromatic carbocycles. The van der Waals surface area contributed by atoms with Crippen molar-refractivity contribution < 1.29 is 4.79 Å². The lowest BCUT2D eigenvalue weighted by molar-refractivity contribution is -0.117. The van der Waals surface area contributed by atoms with Crippen LogP contribution in [-0.2, 0) is 4.79 Å². The van der Waals surface area contributed by atoms with E-state index in [4.69, 9.17) is 0 Å². The minimum Gasteiger partial charge on any atom is -0.345 e. The number of hydrogen-bond acceptors (Lipinski definition) is 2. The molecule has 2 N–H and O–H groups in total. The quantitative estimate of drug-likeness (QED) is 0.846. The van der Waals surface area contributed by atoms with Crippen molar-refractivity contribution in [1.82, 2.24) is 9.97 Å². The molecule has 1 saturated carbocycles. The molecule has 0 atom stereocenters. The van der Waals surface area contributed by atoms with Crippen LogP contribution < -0.4 is 5.32 Å². The van der Waals surface area contributed by atoms with Gasteiger partial charge in [0.05, 0.1) is 18.2 Å². The van der Waals surface area contributed by atoms with Gasteiger partial charge in [0.15, 0.2) is 0 Å². The molecule has 0 bridgehead atoms. The molecule has 86 valence electrons. The summed E-state index contributed by atoms with van der Waals surface area (Å²) in [5, 5.41) is 2.93. The van der Waals surface area contributed by atoms with E-state index in [0.717, 1.165) is 29.8 Å². The Hall–Kier alpha value is -2.10. The zero-order valence-corrected chi connectivity index (χ0v) is 9.31. The first-order valence-corrected chi connectivity index (χ1v) is 5.72. The lowest BCUT2D eigenvalue weighted by Crippen LogP contribution is -2.13. The van der Waals surface area contributed by atoms with Gasteiger partial charge in [0, 0.05) is 17.2 Å². The topological polar surface area (TPSA) is 57.8 Å². The Morgan fingerprint density at radius 1 is 1.41 bits per heavy atom.